The summed E-state index contributed by atoms with van der Waals surface area (Å²) in [6.07, 6.45) is 3.15. The molecule has 0 spiro atoms. The summed E-state index contributed by atoms with van der Waals surface area (Å²) in [5.41, 5.74) is 2.14. The predicted molar refractivity (Wildman–Crippen MR) is 96.7 cm³/mol. The maximum atomic E-state index is 12.4. The summed E-state index contributed by atoms with van der Waals surface area (Å²) < 4.78 is 0. The molecule has 1 aromatic carbocycles. The van der Waals surface area contributed by atoms with Crippen molar-refractivity contribution in [1.82, 2.24) is 9.88 Å². The number of anilines is 1. The molecule has 1 aromatic heterocycles. The van der Waals surface area contributed by atoms with Gasteiger partial charge in [-0.2, -0.15) is 0 Å². The van der Waals surface area contributed by atoms with Crippen LogP contribution in [-0.2, 0) is 9.59 Å². The van der Waals surface area contributed by atoms with E-state index >= 15 is 0 Å². The van der Waals surface area contributed by atoms with Crippen LogP contribution in [0.15, 0.2) is 53.6 Å². The topological polar surface area (TPSA) is 79.4 Å². The Labute approximate surface area is 148 Å². The van der Waals surface area contributed by atoms with Crippen molar-refractivity contribution in [3.05, 3.63) is 64.8 Å². The Morgan fingerprint density at radius 3 is 2.68 bits per heavy atom. The van der Waals surface area contributed by atoms with E-state index in [1.807, 2.05) is 19.1 Å². The largest absolute Gasteiger partial charge is 0.324 e. The molecule has 3 rings (SSSR count). The zero-order valence-electron chi connectivity index (χ0n) is 13.4. The summed E-state index contributed by atoms with van der Waals surface area (Å²) >= 11 is 0.807. The fourth-order valence-electron chi connectivity index (χ4n) is 2.28. The Balaban J connectivity index is 1.70. The number of para-hydroxylation sites is 1. The Morgan fingerprint density at radius 1 is 1.20 bits per heavy atom. The van der Waals surface area contributed by atoms with Crippen molar-refractivity contribution in [2.45, 2.75) is 6.92 Å². The first-order valence-electron chi connectivity index (χ1n) is 7.56. The van der Waals surface area contributed by atoms with Gasteiger partial charge in [0.25, 0.3) is 11.1 Å². The number of benzene rings is 1. The number of carbonyl (C=O) groups is 3. The molecule has 1 N–H and O–H groups in total. The number of nitrogens with zero attached hydrogens (tertiary/aromatic N) is 2. The molecule has 0 bridgehead atoms. The molecular formula is C18H15N3O3S. The van der Waals surface area contributed by atoms with Gasteiger partial charge in [0.2, 0.25) is 5.91 Å². The number of carbonyl (C=O) groups excluding carboxylic acids is 3. The first-order valence-corrected chi connectivity index (χ1v) is 8.38. The van der Waals surface area contributed by atoms with Crippen LogP contribution < -0.4 is 5.32 Å². The molecule has 1 saturated heterocycles. The molecule has 7 heteroatoms. The summed E-state index contributed by atoms with van der Waals surface area (Å²) in [6, 6.07) is 12.6. The fourth-order valence-corrected chi connectivity index (χ4v) is 3.10. The third kappa shape index (κ3) is 3.95. The molecular weight excluding hydrogens is 338 g/mol. The molecule has 2 heterocycles. The highest BCUT2D eigenvalue weighted by molar-refractivity contribution is 8.18. The van der Waals surface area contributed by atoms with Gasteiger partial charge in [-0.25, -0.2) is 0 Å². The Kier molecular flexibility index (Phi) is 4.95. The van der Waals surface area contributed by atoms with Crippen LogP contribution in [0.4, 0.5) is 10.5 Å². The van der Waals surface area contributed by atoms with Crippen LogP contribution in [0.3, 0.4) is 0 Å². The van der Waals surface area contributed by atoms with Gasteiger partial charge >= 0.3 is 0 Å². The van der Waals surface area contributed by atoms with Crippen LogP contribution in [0, 0.1) is 6.92 Å². The second kappa shape index (κ2) is 7.31. The average molecular weight is 353 g/mol. The first kappa shape index (κ1) is 16.9. The lowest BCUT2D eigenvalue weighted by Gasteiger charge is -2.13. The molecule has 25 heavy (non-hydrogen) atoms. The molecule has 126 valence electrons. The first-order chi connectivity index (χ1) is 12.0. The maximum Gasteiger partial charge on any atom is 0.294 e. The number of imide groups is 1. The monoisotopic (exact) mass is 353 g/mol. The molecule has 1 fully saturated rings. The third-order valence-corrected chi connectivity index (χ3v) is 4.47. The minimum Gasteiger partial charge on any atom is -0.324 e. The minimum absolute atomic E-state index is 0.257. The van der Waals surface area contributed by atoms with E-state index in [0.717, 1.165) is 22.2 Å². The van der Waals surface area contributed by atoms with Gasteiger partial charge in [-0.15, -0.1) is 0 Å². The lowest BCUT2D eigenvalue weighted by Crippen LogP contribution is -2.36. The molecule has 1 aliphatic heterocycles. The van der Waals surface area contributed by atoms with Gasteiger partial charge in [0.15, 0.2) is 0 Å². The van der Waals surface area contributed by atoms with E-state index in [4.69, 9.17) is 0 Å². The van der Waals surface area contributed by atoms with Crippen LogP contribution in [0.1, 0.15) is 11.3 Å². The molecule has 0 aliphatic carbocycles. The highest BCUT2D eigenvalue weighted by Gasteiger charge is 2.36. The summed E-state index contributed by atoms with van der Waals surface area (Å²) in [5.74, 6) is -0.906. The van der Waals surface area contributed by atoms with Crippen LogP contribution in [-0.4, -0.2) is 33.5 Å². The smallest absolute Gasteiger partial charge is 0.294 e. The van der Waals surface area contributed by atoms with Crippen LogP contribution in [0.25, 0.3) is 6.08 Å². The molecule has 2 aromatic rings. The molecule has 0 atom stereocenters. The highest BCUT2D eigenvalue weighted by Crippen LogP contribution is 2.31. The van der Waals surface area contributed by atoms with E-state index in [2.05, 4.69) is 10.3 Å². The van der Waals surface area contributed by atoms with Gasteiger partial charge in [0.05, 0.1) is 10.6 Å². The van der Waals surface area contributed by atoms with Gasteiger partial charge in [0, 0.05) is 11.9 Å². The van der Waals surface area contributed by atoms with Crippen LogP contribution in [0.5, 0.6) is 0 Å². The second-order valence-corrected chi connectivity index (χ2v) is 6.38. The SMILES string of the molecule is Cc1ccccc1NC(=O)CN1C(=O)SC(=Cc2ccccn2)C1=O. The van der Waals surface area contributed by atoms with Crippen molar-refractivity contribution in [3.8, 4) is 0 Å². The van der Waals surface area contributed by atoms with E-state index in [1.54, 1.807) is 42.6 Å². The molecule has 3 amide bonds. The number of amides is 3. The van der Waals surface area contributed by atoms with E-state index in [-0.39, 0.29) is 11.4 Å². The quantitative estimate of drug-likeness (QED) is 0.855. The predicted octanol–water partition coefficient (Wildman–Crippen LogP) is 3.07. The fraction of sp³-hybridized carbons (Fsp3) is 0.111. The summed E-state index contributed by atoms with van der Waals surface area (Å²) in [5, 5.41) is 2.25. The van der Waals surface area contributed by atoms with Crippen LogP contribution >= 0.6 is 11.8 Å². The summed E-state index contributed by atoms with van der Waals surface area (Å²) in [7, 11) is 0. The summed E-state index contributed by atoms with van der Waals surface area (Å²) in [6.45, 7) is 1.55. The molecule has 0 radical (unpaired) electrons. The van der Waals surface area contributed by atoms with Crippen molar-refractivity contribution in [1.29, 1.82) is 0 Å². The van der Waals surface area contributed by atoms with Crippen molar-refractivity contribution in [2.75, 3.05) is 11.9 Å². The number of aryl methyl sites for hydroxylation is 1. The third-order valence-electron chi connectivity index (χ3n) is 3.56. The number of hydrogen-bond acceptors (Lipinski definition) is 5. The lowest BCUT2D eigenvalue weighted by atomic mass is 10.2. The van der Waals surface area contributed by atoms with E-state index in [1.165, 1.54) is 0 Å². The molecule has 6 nitrogen and oxygen atoms in total. The van der Waals surface area contributed by atoms with Gasteiger partial charge in [0.1, 0.15) is 6.54 Å². The maximum absolute atomic E-state index is 12.4. The van der Waals surface area contributed by atoms with Crippen molar-refractivity contribution in [3.63, 3.8) is 0 Å². The van der Waals surface area contributed by atoms with Gasteiger partial charge < -0.3 is 5.32 Å². The number of pyridine rings is 1. The standard InChI is InChI=1S/C18H15N3O3S/c1-12-6-2-3-8-14(12)20-16(22)11-21-17(23)15(25-18(21)24)10-13-7-4-5-9-19-13/h2-10H,11H2,1H3,(H,20,22). The average Bonchev–Trinajstić information content (AvgIpc) is 2.85. The Bertz CT molecular complexity index is 865. The van der Waals surface area contributed by atoms with Crippen molar-refractivity contribution in [2.24, 2.45) is 0 Å². The van der Waals surface area contributed by atoms with Crippen LogP contribution in [0.2, 0.25) is 0 Å². The zero-order valence-corrected chi connectivity index (χ0v) is 14.2. The number of nitrogens with one attached hydrogen (secondary N) is 1. The van der Waals surface area contributed by atoms with Crippen molar-refractivity contribution >= 4 is 40.6 Å². The Morgan fingerprint density at radius 2 is 1.96 bits per heavy atom. The number of thioether (sulfide) groups is 1. The highest BCUT2D eigenvalue weighted by atomic mass is 32.2. The Hall–Kier alpha value is -2.93. The van der Waals surface area contributed by atoms with E-state index in [0.29, 0.717) is 11.4 Å². The number of aromatic nitrogens is 1. The van der Waals surface area contributed by atoms with Gasteiger partial charge in [-0.3, -0.25) is 24.3 Å². The summed E-state index contributed by atoms with van der Waals surface area (Å²) in [4.78, 5) is 41.9. The molecule has 1 aliphatic rings. The van der Waals surface area contributed by atoms with Crippen molar-refractivity contribution < 1.29 is 14.4 Å². The minimum atomic E-state index is -0.486. The zero-order chi connectivity index (χ0) is 17.8. The van der Waals surface area contributed by atoms with Gasteiger partial charge in [-0.05, 0) is 48.5 Å². The van der Waals surface area contributed by atoms with E-state index < -0.39 is 17.1 Å². The van der Waals surface area contributed by atoms with E-state index in [9.17, 15) is 14.4 Å². The number of hydrogen-bond donors (Lipinski definition) is 1. The normalized spacial score (nSPS) is 15.7. The lowest BCUT2D eigenvalue weighted by molar-refractivity contribution is -0.127. The van der Waals surface area contributed by atoms with Gasteiger partial charge in [-0.1, -0.05) is 24.3 Å². The molecule has 0 saturated carbocycles. The molecule has 0 unspecified atom stereocenters. The second-order valence-electron chi connectivity index (χ2n) is 5.39. The number of rotatable bonds is 4.